The molecular weight excluding hydrogens is 260 g/mol. The van der Waals surface area contributed by atoms with Crippen LogP contribution in [0.3, 0.4) is 0 Å². The highest BCUT2D eigenvalue weighted by molar-refractivity contribution is 4.87. The van der Waals surface area contributed by atoms with Gasteiger partial charge in [-0.25, -0.2) is 0 Å². The molecular formula is C15H28O5. The minimum Gasteiger partial charge on any atom is -0.388 e. The molecule has 1 rings (SSSR count). The minimum absolute atomic E-state index is 0.0625. The van der Waals surface area contributed by atoms with E-state index in [0.717, 1.165) is 25.7 Å². The van der Waals surface area contributed by atoms with Gasteiger partial charge in [0.05, 0.1) is 13.2 Å². The predicted octanol–water partition coefficient (Wildman–Crippen LogP) is 1.01. The van der Waals surface area contributed by atoms with Gasteiger partial charge < -0.3 is 24.8 Å². The fourth-order valence-electron chi connectivity index (χ4n) is 2.13. The van der Waals surface area contributed by atoms with Crippen molar-refractivity contribution in [1.82, 2.24) is 0 Å². The minimum atomic E-state index is -1.03. The summed E-state index contributed by atoms with van der Waals surface area (Å²) in [6, 6.07) is 0. The monoisotopic (exact) mass is 288 g/mol. The first kappa shape index (κ1) is 17.6. The van der Waals surface area contributed by atoms with E-state index in [1.54, 1.807) is 0 Å². The van der Waals surface area contributed by atoms with Gasteiger partial charge in [-0.15, -0.1) is 0 Å². The molecule has 5 heteroatoms. The highest BCUT2D eigenvalue weighted by atomic mass is 16.5. The molecule has 4 atom stereocenters. The van der Waals surface area contributed by atoms with Crippen molar-refractivity contribution in [3.05, 3.63) is 12.2 Å². The summed E-state index contributed by atoms with van der Waals surface area (Å²) >= 11 is 0. The summed E-state index contributed by atoms with van der Waals surface area (Å²) in [5.74, 6) is 0. The molecule has 3 N–H and O–H groups in total. The number of aliphatic hydroxyl groups excluding tert-OH is 3. The Hall–Kier alpha value is -0.460. The fraction of sp³-hybridized carbons (Fsp3) is 0.867. The van der Waals surface area contributed by atoms with Crippen molar-refractivity contribution in [2.45, 2.75) is 63.4 Å². The third-order valence-electron chi connectivity index (χ3n) is 3.39. The van der Waals surface area contributed by atoms with E-state index in [0.29, 0.717) is 6.61 Å². The Balaban J connectivity index is 1.98. The number of unbranched alkanes of at least 4 members (excludes halogenated alkanes) is 3. The molecule has 1 aliphatic rings. The van der Waals surface area contributed by atoms with Gasteiger partial charge in [0.25, 0.3) is 0 Å². The van der Waals surface area contributed by atoms with Gasteiger partial charge in [0.15, 0.2) is 0 Å². The lowest BCUT2D eigenvalue weighted by Crippen LogP contribution is -2.40. The Labute approximate surface area is 121 Å². The molecule has 0 saturated carbocycles. The lowest BCUT2D eigenvalue weighted by Gasteiger charge is -2.20. The van der Waals surface area contributed by atoms with Crippen LogP contribution in [0, 0.1) is 0 Å². The Morgan fingerprint density at radius 3 is 2.65 bits per heavy atom. The van der Waals surface area contributed by atoms with E-state index in [4.69, 9.17) is 9.47 Å². The quantitative estimate of drug-likeness (QED) is 0.413. The van der Waals surface area contributed by atoms with Gasteiger partial charge in [-0.2, -0.15) is 0 Å². The van der Waals surface area contributed by atoms with E-state index in [-0.39, 0.29) is 13.2 Å². The standard InChI is InChI=1S/C15H28O5/c1-2-3-4-5-6-7-8-9-19-10-13(17)15-14(18)12(16)11-20-15/h4-5,12-18H,2-3,6-11H2,1H3/b5-4+/t12-,13+,14-,15-/m0/s1. The maximum atomic E-state index is 9.80. The van der Waals surface area contributed by atoms with Gasteiger partial charge >= 0.3 is 0 Å². The molecule has 0 amide bonds. The number of rotatable bonds is 10. The molecule has 1 heterocycles. The summed E-state index contributed by atoms with van der Waals surface area (Å²) in [5, 5.41) is 28.7. The molecule has 5 nitrogen and oxygen atoms in total. The van der Waals surface area contributed by atoms with Gasteiger partial charge in [-0.3, -0.25) is 0 Å². The van der Waals surface area contributed by atoms with Crippen molar-refractivity contribution < 1.29 is 24.8 Å². The highest BCUT2D eigenvalue weighted by Crippen LogP contribution is 2.17. The summed E-state index contributed by atoms with van der Waals surface area (Å²) in [6.07, 6.45) is 6.20. The van der Waals surface area contributed by atoms with E-state index in [9.17, 15) is 15.3 Å². The van der Waals surface area contributed by atoms with Gasteiger partial charge in [-0.05, 0) is 25.7 Å². The van der Waals surface area contributed by atoms with Crippen molar-refractivity contribution in [1.29, 1.82) is 0 Å². The summed E-state index contributed by atoms with van der Waals surface area (Å²) in [4.78, 5) is 0. The zero-order valence-corrected chi connectivity index (χ0v) is 12.3. The maximum absolute atomic E-state index is 9.80. The van der Waals surface area contributed by atoms with Crippen LogP contribution in [0.5, 0.6) is 0 Å². The van der Waals surface area contributed by atoms with E-state index >= 15 is 0 Å². The zero-order valence-electron chi connectivity index (χ0n) is 12.3. The van der Waals surface area contributed by atoms with Crippen LogP contribution in [-0.2, 0) is 9.47 Å². The highest BCUT2D eigenvalue weighted by Gasteiger charge is 2.39. The SMILES string of the molecule is CCC/C=C/CCCCOC[C@@H](O)[C@@H]1OC[C@H](O)[C@@H]1O. The van der Waals surface area contributed by atoms with E-state index in [1.165, 1.54) is 6.42 Å². The summed E-state index contributed by atoms with van der Waals surface area (Å²) in [7, 11) is 0. The third kappa shape index (κ3) is 6.33. The van der Waals surface area contributed by atoms with Gasteiger partial charge in [0.2, 0.25) is 0 Å². The second-order valence-corrected chi connectivity index (χ2v) is 5.25. The maximum Gasteiger partial charge on any atom is 0.114 e. The number of hydrogen-bond donors (Lipinski definition) is 3. The number of ether oxygens (including phenoxy) is 2. The Morgan fingerprint density at radius 2 is 2.00 bits per heavy atom. The van der Waals surface area contributed by atoms with Crippen molar-refractivity contribution in [3.8, 4) is 0 Å². The first-order valence-electron chi connectivity index (χ1n) is 7.55. The van der Waals surface area contributed by atoms with E-state index < -0.39 is 24.4 Å². The molecule has 0 aromatic rings. The molecule has 0 radical (unpaired) electrons. The number of aliphatic hydroxyl groups is 3. The molecule has 20 heavy (non-hydrogen) atoms. The van der Waals surface area contributed by atoms with Gasteiger partial charge in [0.1, 0.15) is 24.4 Å². The second kappa shape index (κ2) is 10.3. The molecule has 0 aromatic heterocycles. The van der Waals surface area contributed by atoms with Crippen LogP contribution < -0.4 is 0 Å². The second-order valence-electron chi connectivity index (χ2n) is 5.25. The lowest BCUT2D eigenvalue weighted by atomic mass is 10.1. The van der Waals surface area contributed by atoms with E-state index in [1.807, 2.05) is 0 Å². The van der Waals surface area contributed by atoms with Gasteiger partial charge in [0, 0.05) is 6.61 Å². The number of allylic oxidation sites excluding steroid dienone is 2. The van der Waals surface area contributed by atoms with Crippen molar-refractivity contribution in [2.75, 3.05) is 19.8 Å². The van der Waals surface area contributed by atoms with Crippen molar-refractivity contribution in [3.63, 3.8) is 0 Å². The summed E-state index contributed by atoms with van der Waals surface area (Å²) in [5.41, 5.74) is 0. The van der Waals surface area contributed by atoms with Crippen molar-refractivity contribution >= 4 is 0 Å². The van der Waals surface area contributed by atoms with Crippen LogP contribution in [-0.4, -0.2) is 59.6 Å². The molecule has 0 spiro atoms. The smallest absolute Gasteiger partial charge is 0.114 e. The largest absolute Gasteiger partial charge is 0.388 e. The predicted molar refractivity (Wildman–Crippen MR) is 76.5 cm³/mol. The number of hydrogen-bond acceptors (Lipinski definition) is 5. The molecule has 1 saturated heterocycles. The molecule has 0 bridgehead atoms. The van der Waals surface area contributed by atoms with Crippen LogP contribution in [0.25, 0.3) is 0 Å². The average Bonchev–Trinajstić information content (AvgIpc) is 2.77. The fourth-order valence-corrected chi connectivity index (χ4v) is 2.13. The third-order valence-corrected chi connectivity index (χ3v) is 3.39. The molecule has 0 aliphatic carbocycles. The van der Waals surface area contributed by atoms with Crippen LogP contribution in [0.2, 0.25) is 0 Å². The lowest BCUT2D eigenvalue weighted by molar-refractivity contribution is -0.0813. The zero-order chi connectivity index (χ0) is 14.8. The van der Waals surface area contributed by atoms with Crippen LogP contribution in [0.15, 0.2) is 12.2 Å². The normalized spacial score (nSPS) is 28.3. The topological polar surface area (TPSA) is 79.2 Å². The summed E-state index contributed by atoms with van der Waals surface area (Å²) in [6.45, 7) is 2.94. The van der Waals surface area contributed by atoms with Crippen LogP contribution in [0.4, 0.5) is 0 Å². The first-order valence-corrected chi connectivity index (χ1v) is 7.55. The molecule has 1 fully saturated rings. The summed E-state index contributed by atoms with van der Waals surface area (Å²) < 4.78 is 10.5. The molecule has 0 unspecified atom stereocenters. The average molecular weight is 288 g/mol. The Kier molecular flexibility index (Phi) is 9.05. The Bertz CT molecular complexity index is 269. The molecule has 1 aliphatic heterocycles. The first-order chi connectivity index (χ1) is 9.66. The van der Waals surface area contributed by atoms with E-state index in [2.05, 4.69) is 19.1 Å². The van der Waals surface area contributed by atoms with Crippen LogP contribution in [0.1, 0.15) is 39.0 Å². The molecule has 0 aromatic carbocycles. The van der Waals surface area contributed by atoms with Crippen molar-refractivity contribution in [2.24, 2.45) is 0 Å². The Morgan fingerprint density at radius 1 is 1.25 bits per heavy atom. The van der Waals surface area contributed by atoms with Crippen LogP contribution >= 0.6 is 0 Å². The van der Waals surface area contributed by atoms with Gasteiger partial charge in [-0.1, -0.05) is 25.5 Å². The molecule has 118 valence electrons.